The predicted molar refractivity (Wildman–Crippen MR) is 67.8 cm³/mol. The minimum Gasteiger partial charge on any atom is -0.495 e. The first-order valence-electron chi connectivity index (χ1n) is 4.87. The fraction of sp³-hybridized carbons (Fsp3) is 0.455. The molecule has 0 saturated carbocycles. The van der Waals surface area contributed by atoms with Crippen LogP contribution in [0.25, 0.3) is 10.4 Å². The van der Waals surface area contributed by atoms with E-state index in [9.17, 15) is 0 Å². The number of methoxy groups -OCH3 is 1. The van der Waals surface area contributed by atoms with Crippen LogP contribution in [-0.2, 0) is 6.54 Å². The summed E-state index contributed by atoms with van der Waals surface area (Å²) in [5.41, 5.74) is 12.7. The molecule has 0 aliphatic rings. The molecule has 0 spiro atoms. The van der Waals surface area contributed by atoms with Gasteiger partial charge in [-0.25, -0.2) is 0 Å². The average Bonchev–Trinajstić information content (AvgIpc) is 2.27. The van der Waals surface area contributed by atoms with Crippen molar-refractivity contribution in [2.75, 3.05) is 7.11 Å². The zero-order chi connectivity index (χ0) is 12.3. The molecule has 1 rings (SSSR count). The SMILES string of the molecule is COc1c(C)c(C)c(CN=[N+]=[N-])c(C)c1Br. The Bertz CT molecular complexity index is 436. The van der Waals surface area contributed by atoms with Gasteiger partial charge in [0, 0.05) is 4.91 Å². The molecule has 0 aliphatic carbocycles. The topological polar surface area (TPSA) is 58.0 Å². The fourth-order valence-electron chi connectivity index (χ4n) is 1.73. The van der Waals surface area contributed by atoms with Gasteiger partial charge in [0.05, 0.1) is 18.1 Å². The summed E-state index contributed by atoms with van der Waals surface area (Å²) in [6, 6.07) is 0. The number of benzene rings is 1. The van der Waals surface area contributed by atoms with Crippen molar-refractivity contribution in [3.63, 3.8) is 0 Å². The van der Waals surface area contributed by atoms with Crippen LogP contribution in [0.4, 0.5) is 0 Å². The van der Waals surface area contributed by atoms with Crippen molar-refractivity contribution in [1.82, 2.24) is 0 Å². The first-order chi connectivity index (χ1) is 7.54. The number of halogens is 1. The molecule has 0 fully saturated rings. The second-order valence-electron chi connectivity index (χ2n) is 3.59. The van der Waals surface area contributed by atoms with Crippen molar-refractivity contribution >= 4 is 15.9 Å². The van der Waals surface area contributed by atoms with Crippen LogP contribution in [0, 0.1) is 20.8 Å². The minimum absolute atomic E-state index is 0.373. The van der Waals surface area contributed by atoms with Crippen LogP contribution in [0.3, 0.4) is 0 Å². The van der Waals surface area contributed by atoms with E-state index in [0.29, 0.717) is 6.54 Å². The van der Waals surface area contributed by atoms with Crippen molar-refractivity contribution in [1.29, 1.82) is 0 Å². The summed E-state index contributed by atoms with van der Waals surface area (Å²) in [7, 11) is 1.65. The Morgan fingerprint density at radius 1 is 1.25 bits per heavy atom. The van der Waals surface area contributed by atoms with E-state index >= 15 is 0 Å². The van der Waals surface area contributed by atoms with Gasteiger partial charge in [0.2, 0.25) is 0 Å². The van der Waals surface area contributed by atoms with Gasteiger partial charge in [0.1, 0.15) is 5.75 Å². The number of hydrogen-bond acceptors (Lipinski definition) is 2. The van der Waals surface area contributed by atoms with Gasteiger partial charge >= 0.3 is 0 Å². The Hall–Kier alpha value is -1.19. The molecule has 0 heterocycles. The van der Waals surface area contributed by atoms with Crippen LogP contribution in [0.15, 0.2) is 9.59 Å². The van der Waals surface area contributed by atoms with Gasteiger partial charge < -0.3 is 4.74 Å². The van der Waals surface area contributed by atoms with E-state index in [4.69, 9.17) is 10.3 Å². The fourth-order valence-corrected chi connectivity index (χ4v) is 2.43. The van der Waals surface area contributed by atoms with Crippen LogP contribution < -0.4 is 4.74 Å². The first kappa shape index (κ1) is 12.9. The molecular weight excluding hydrogens is 270 g/mol. The third kappa shape index (κ3) is 2.15. The standard InChI is InChI=1S/C11H14BrN3O/c1-6-7(2)11(16-4)10(12)8(3)9(6)5-14-15-13/h5H2,1-4H3. The molecule has 0 aliphatic heterocycles. The van der Waals surface area contributed by atoms with Gasteiger partial charge in [-0.05, 0) is 64.5 Å². The maximum absolute atomic E-state index is 8.37. The van der Waals surface area contributed by atoms with E-state index in [2.05, 4.69) is 26.0 Å². The Kier molecular flexibility index (Phi) is 4.21. The van der Waals surface area contributed by atoms with Crippen LogP contribution in [-0.4, -0.2) is 7.11 Å². The van der Waals surface area contributed by atoms with Gasteiger partial charge in [0.25, 0.3) is 0 Å². The molecule has 0 N–H and O–H groups in total. The first-order valence-corrected chi connectivity index (χ1v) is 5.66. The van der Waals surface area contributed by atoms with Crippen molar-refractivity contribution in [2.24, 2.45) is 5.11 Å². The molecule has 86 valence electrons. The van der Waals surface area contributed by atoms with Gasteiger partial charge in [-0.2, -0.15) is 0 Å². The highest BCUT2D eigenvalue weighted by Crippen LogP contribution is 2.37. The van der Waals surface area contributed by atoms with Crippen molar-refractivity contribution in [2.45, 2.75) is 27.3 Å². The Morgan fingerprint density at radius 2 is 1.88 bits per heavy atom. The van der Waals surface area contributed by atoms with Gasteiger partial charge in [-0.1, -0.05) is 5.11 Å². The lowest BCUT2D eigenvalue weighted by molar-refractivity contribution is 0.408. The normalized spacial score (nSPS) is 9.81. The average molecular weight is 284 g/mol. The second kappa shape index (κ2) is 5.23. The Labute approximate surface area is 103 Å². The molecule has 16 heavy (non-hydrogen) atoms. The molecule has 5 heteroatoms. The zero-order valence-electron chi connectivity index (χ0n) is 9.83. The lowest BCUT2D eigenvalue weighted by atomic mass is 9.97. The van der Waals surface area contributed by atoms with Crippen molar-refractivity contribution in [3.05, 3.63) is 37.2 Å². The number of hydrogen-bond donors (Lipinski definition) is 0. The summed E-state index contributed by atoms with van der Waals surface area (Å²) in [6.45, 7) is 6.37. The van der Waals surface area contributed by atoms with Crippen LogP contribution in [0.1, 0.15) is 22.3 Å². The lowest BCUT2D eigenvalue weighted by Crippen LogP contribution is -2.00. The second-order valence-corrected chi connectivity index (χ2v) is 4.38. The molecule has 0 bridgehead atoms. The summed E-state index contributed by atoms with van der Waals surface area (Å²) in [5, 5.41) is 3.62. The highest BCUT2D eigenvalue weighted by Gasteiger charge is 2.15. The van der Waals surface area contributed by atoms with Gasteiger partial charge in [0.15, 0.2) is 0 Å². The Morgan fingerprint density at radius 3 is 2.38 bits per heavy atom. The summed E-state index contributed by atoms with van der Waals surface area (Å²) < 4.78 is 6.28. The largest absolute Gasteiger partial charge is 0.495 e. The van der Waals surface area contributed by atoms with E-state index in [1.54, 1.807) is 7.11 Å². The molecule has 0 unspecified atom stereocenters. The summed E-state index contributed by atoms with van der Waals surface area (Å²) in [6.07, 6.45) is 0. The molecule has 0 radical (unpaired) electrons. The quantitative estimate of drug-likeness (QED) is 0.466. The van der Waals surface area contributed by atoms with Crippen molar-refractivity contribution < 1.29 is 4.74 Å². The van der Waals surface area contributed by atoms with Gasteiger partial charge in [-0.15, -0.1) is 0 Å². The maximum Gasteiger partial charge on any atom is 0.136 e. The molecule has 1 aromatic carbocycles. The third-order valence-electron chi connectivity index (χ3n) is 2.83. The predicted octanol–water partition coefficient (Wildman–Crippen LogP) is 4.19. The smallest absolute Gasteiger partial charge is 0.136 e. The summed E-state index contributed by atoms with van der Waals surface area (Å²) >= 11 is 3.51. The van der Waals surface area contributed by atoms with E-state index in [1.165, 1.54) is 0 Å². The highest BCUT2D eigenvalue weighted by atomic mass is 79.9. The van der Waals surface area contributed by atoms with Crippen LogP contribution in [0.2, 0.25) is 0 Å². The molecule has 4 nitrogen and oxygen atoms in total. The summed E-state index contributed by atoms with van der Waals surface area (Å²) in [4.78, 5) is 2.79. The van der Waals surface area contributed by atoms with Crippen LogP contribution in [0.5, 0.6) is 5.75 Å². The van der Waals surface area contributed by atoms with E-state index in [-0.39, 0.29) is 0 Å². The van der Waals surface area contributed by atoms with Gasteiger partial charge in [-0.3, -0.25) is 0 Å². The molecule has 0 amide bonds. The van der Waals surface area contributed by atoms with Crippen LogP contribution >= 0.6 is 15.9 Å². The molecule has 1 aromatic rings. The maximum atomic E-state index is 8.37. The molecular formula is C11H14BrN3O. The number of rotatable bonds is 3. The van der Waals surface area contributed by atoms with E-state index in [1.807, 2.05) is 20.8 Å². The number of nitrogens with zero attached hydrogens (tertiary/aromatic N) is 3. The summed E-state index contributed by atoms with van der Waals surface area (Å²) in [5.74, 6) is 0.847. The Balaban J connectivity index is 3.46. The highest BCUT2D eigenvalue weighted by molar-refractivity contribution is 9.10. The number of ether oxygens (including phenoxy) is 1. The molecule has 0 atom stereocenters. The third-order valence-corrected chi connectivity index (χ3v) is 3.79. The minimum atomic E-state index is 0.373. The zero-order valence-corrected chi connectivity index (χ0v) is 11.4. The molecule has 0 saturated heterocycles. The van der Waals surface area contributed by atoms with Crippen molar-refractivity contribution in [3.8, 4) is 5.75 Å². The number of azide groups is 1. The van der Waals surface area contributed by atoms with E-state index < -0.39 is 0 Å². The van der Waals surface area contributed by atoms with E-state index in [0.717, 1.165) is 32.5 Å². The lowest BCUT2D eigenvalue weighted by Gasteiger charge is -2.17. The monoisotopic (exact) mass is 283 g/mol. The molecule has 0 aromatic heterocycles.